The number of carbonyl (C=O) groups excluding carboxylic acids is 3. The summed E-state index contributed by atoms with van der Waals surface area (Å²) in [7, 11) is 0. The summed E-state index contributed by atoms with van der Waals surface area (Å²) in [5.74, 6) is -0.696. The van der Waals surface area contributed by atoms with Crippen LogP contribution in [0.2, 0.25) is 0 Å². The fourth-order valence-corrected chi connectivity index (χ4v) is 4.41. The molecule has 0 unspecified atom stereocenters. The van der Waals surface area contributed by atoms with Crippen LogP contribution in [0.3, 0.4) is 0 Å². The van der Waals surface area contributed by atoms with Gasteiger partial charge in [0, 0.05) is 18.7 Å². The Kier molecular flexibility index (Phi) is 8.19. The van der Waals surface area contributed by atoms with Gasteiger partial charge in [-0.15, -0.1) is 0 Å². The predicted octanol–water partition coefficient (Wildman–Crippen LogP) is 4.79. The van der Waals surface area contributed by atoms with Crippen LogP contribution in [0.4, 0.5) is 5.69 Å². The molecule has 0 spiro atoms. The molecule has 166 valence electrons. The van der Waals surface area contributed by atoms with E-state index in [0.29, 0.717) is 40.0 Å². The van der Waals surface area contributed by atoms with Gasteiger partial charge in [0.2, 0.25) is 5.91 Å². The molecular weight excluding hydrogens is 444 g/mol. The minimum Gasteiger partial charge on any atom is -0.462 e. The molecule has 8 heteroatoms. The van der Waals surface area contributed by atoms with Gasteiger partial charge in [0.25, 0.3) is 5.91 Å². The summed E-state index contributed by atoms with van der Waals surface area (Å²) in [6.45, 7) is 4.43. The second kappa shape index (κ2) is 11.1. The summed E-state index contributed by atoms with van der Waals surface area (Å²) >= 11 is 6.65. The van der Waals surface area contributed by atoms with Crippen molar-refractivity contribution in [1.82, 2.24) is 4.90 Å². The molecule has 0 aromatic heterocycles. The number of thiocarbonyl (C=S) groups is 1. The summed E-state index contributed by atoms with van der Waals surface area (Å²) in [5, 5.41) is 2.79. The lowest BCUT2D eigenvalue weighted by molar-refractivity contribution is -0.122. The maximum absolute atomic E-state index is 12.7. The number of anilines is 1. The normalized spacial score (nSPS) is 14.7. The maximum atomic E-state index is 12.7. The quantitative estimate of drug-likeness (QED) is 0.341. The molecule has 0 aliphatic carbocycles. The minimum absolute atomic E-state index is 0.127. The molecule has 1 aliphatic heterocycles. The molecule has 1 fully saturated rings. The van der Waals surface area contributed by atoms with Gasteiger partial charge in [0.1, 0.15) is 4.32 Å². The number of nitrogens with zero attached hydrogens (tertiary/aromatic N) is 1. The molecule has 1 N–H and O–H groups in total. The zero-order chi connectivity index (χ0) is 23.1. The Hall–Kier alpha value is -2.97. The lowest BCUT2D eigenvalue weighted by atomic mass is 10.1. The first-order valence-electron chi connectivity index (χ1n) is 10.3. The Bertz CT molecular complexity index is 1060. The second-order valence-electron chi connectivity index (χ2n) is 7.14. The Morgan fingerprint density at radius 2 is 1.88 bits per heavy atom. The molecule has 1 heterocycles. The van der Waals surface area contributed by atoms with Crippen molar-refractivity contribution in [2.45, 2.75) is 26.7 Å². The van der Waals surface area contributed by atoms with E-state index in [-0.39, 0.29) is 18.2 Å². The topological polar surface area (TPSA) is 75.7 Å². The number of benzene rings is 2. The third-order valence-corrected chi connectivity index (χ3v) is 6.19. The lowest BCUT2D eigenvalue weighted by Gasteiger charge is -2.14. The van der Waals surface area contributed by atoms with E-state index in [1.165, 1.54) is 11.8 Å². The number of esters is 1. The minimum atomic E-state index is -0.398. The van der Waals surface area contributed by atoms with Gasteiger partial charge >= 0.3 is 5.97 Å². The van der Waals surface area contributed by atoms with Gasteiger partial charge in [-0.05, 0) is 61.7 Å². The summed E-state index contributed by atoms with van der Waals surface area (Å²) < 4.78 is 5.44. The van der Waals surface area contributed by atoms with Crippen LogP contribution in [0.15, 0.2) is 53.4 Å². The zero-order valence-corrected chi connectivity index (χ0v) is 19.6. The van der Waals surface area contributed by atoms with Gasteiger partial charge in [-0.25, -0.2) is 4.79 Å². The van der Waals surface area contributed by atoms with Crippen molar-refractivity contribution in [3.63, 3.8) is 0 Å². The highest BCUT2D eigenvalue weighted by Crippen LogP contribution is 2.33. The highest BCUT2D eigenvalue weighted by atomic mass is 32.2. The summed E-state index contributed by atoms with van der Waals surface area (Å²) in [4.78, 5) is 38.8. The Balaban J connectivity index is 1.50. The molecule has 0 bridgehead atoms. The van der Waals surface area contributed by atoms with Crippen molar-refractivity contribution >= 4 is 57.8 Å². The SMILES string of the molecule is CCOC(=O)c1ccc(NC(=O)CCCN2C(=O)/C(=C/c3ccccc3C)SC2=S)cc1. The molecule has 2 amide bonds. The standard InChI is InChI=1S/C24H24N2O4S2/c1-3-30-23(29)17-10-12-19(13-11-17)25-21(27)9-6-14-26-22(28)20(32-24(26)31)15-18-8-5-4-7-16(18)2/h4-5,7-8,10-13,15H,3,6,9,14H2,1-2H3,(H,25,27)/b20-15-. The van der Waals surface area contributed by atoms with Gasteiger partial charge < -0.3 is 10.1 Å². The molecular formula is C24H24N2O4S2. The molecule has 0 saturated carbocycles. The van der Waals surface area contributed by atoms with Crippen LogP contribution < -0.4 is 5.32 Å². The first kappa shape index (κ1) is 23.7. The van der Waals surface area contributed by atoms with E-state index in [0.717, 1.165) is 11.1 Å². The van der Waals surface area contributed by atoms with E-state index in [4.69, 9.17) is 17.0 Å². The van der Waals surface area contributed by atoms with E-state index in [1.807, 2.05) is 37.3 Å². The molecule has 3 rings (SSSR count). The van der Waals surface area contributed by atoms with Gasteiger partial charge in [-0.3, -0.25) is 14.5 Å². The average molecular weight is 469 g/mol. The molecule has 0 radical (unpaired) electrons. The molecule has 1 aliphatic rings. The van der Waals surface area contributed by atoms with Crippen LogP contribution in [-0.4, -0.2) is 40.2 Å². The molecule has 0 atom stereocenters. The summed E-state index contributed by atoms with van der Waals surface area (Å²) in [6, 6.07) is 14.4. The number of ether oxygens (including phenoxy) is 1. The largest absolute Gasteiger partial charge is 0.462 e. The first-order valence-corrected chi connectivity index (χ1v) is 11.5. The fourth-order valence-electron chi connectivity index (χ4n) is 3.11. The van der Waals surface area contributed by atoms with Crippen molar-refractivity contribution in [3.05, 3.63) is 70.1 Å². The van der Waals surface area contributed by atoms with Gasteiger partial charge in [-0.1, -0.05) is 48.2 Å². The van der Waals surface area contributed by atoms with Crippen LogP contribution in [0, 0.1) is 6.92 Å². The van der Waals surface area contributed by atoms with E-state index in [1.54, 1.807) is 36.1 Å². The van der Waals surface area contributed by atoms with E-state index in [2.05, 4.69) is 5.32 Å². The Labute approximate surface area is 197 Å². The van der Waals surface area contributed by atoms with Gasteiger partial charge in [0.05, 0.1) is 17.1 Å². The third-order valence-electron chi connectivity index (χ3n) is 4.81. The third kappa shape index (κ3) is 6.05. The number of hydrogen-bond donors (Lipinski definition) is 1. The first-order chi connectivity index (χ1) is 15.4. The van der Waals surface area contributed by atoms with Crippen molar-refractivity contribution in [3.8, 4) is 0 Å². The van der Waals surface area contributed by atoms with Crippen molar-refractivity contribution in [2.75, 3.05) is 18.5 Å². The second-order valence-corrected chi connectivity index (χ2v) is 8.82. The summed E-state index contributed by atoms with van der Waals surface area (Å²) in [6.07, 6.45) is 2.59. The molecule has 1 saturated heterocycles. The highest BCUT2D eigenvalue weighted by molar-refractivity contribution is 8.26. The number of thioether (sulfide) groups is 1. The zero-order valence-electron chi connectivity index (χ0n) is 17.9. The molecule has 2 aromatic carbocycles. The number of nitrogens with one attached hydrogen (secondary N) is 1. The van der Waals surface area contributed by atoms with E-state index < -0.39 is 5.97 Å². The van der Waals surface area contributed by atoms with Gasteiger partial charge in [0.15, 0.2) is 0 Å². The highest BCUT2D eigenvalue weighted by Gasteiger charge is 2.31. The Morgan fingerprint density at radius 3 is 2.56 bits per heavy atom. The van der Waals surface area contributed by atoms with Crippen LogP contribution in [0.25, 0.3) is 6.08 Å². The van der Waals surface area contributed by atoms with Crippen LogP contribution in [-0.2, 0) is 14.3 Å². The van der Waals surface area contributed by atoms with E-state index in [9.17, 15) is 14.4 Å². The van der Waals surface area contributed by atoms with Gasteiger partial charge in [-0.2, -0.15) is 0 Å². The van der Waals surface area contributed by atoms with E-state index >= 15 is 0 Å². The predicted molar refractivity (Wildman–Crippen MR) is 131 cm³/mol. The molecule has 2 aromatic rings. The lowest BCUT2D eigenvalue weighted by Crippen LogP contribution is -2.29. The number of rotatable bonds is 8. The van der Waals surface area contributed by atoms with Crippen LogP contribution >= 0.6 is 24.0 Å². The fraction of sp³-hybridized carbons (Fsp3) is 0.250. The molecule has 6 nitrogen and oxygen atoms in total. The monoisotopic (exact) mass is 468 g/mol. The van der Waals surface area contributed by atoms with Crippen molar-refractivity contribution in [2.24, 2.45) is 0 Å². The Morgan fingerprint density at radius 1 is 1.16 bits per heavy atom. The van der Waals surface area contributed by atoms with Crippen LogP contribution in [0.1, 0.15) is 41.3 Å². The average Bonchev–Trinajstić information content (AvgIpc) is 3.03. The number of hydrogen-bond acceptors (Lipinski definition) is 6. The van der Waals surface area contributed by atoms with Crippen molar-refractivity contribution in [1.29, 1.82) is 0 Å². The maximum Gasteiger partial charge on any atom is 0.338 e. The van der Waals surface area contributed by atoms with Crippen LogP contribution in [0.5, 0.6) is 0 Å². The summed E-state index contributed by atoms with van der Waals surface area (Å²) in [5.41, 5.74) is 3.10. The molecule has 32 heavy (non-hydrogen) atoms. The number of amides is 2. The number of carbonyl (C=O) groups is 3. The van der Waals surface area contributed by atoms with Crippen molar-refractivity contribution < 1.29 is 19.1 Å². The number of aryl methyl sites for hydroxylation is 1. The smallest absolute Gasteiger partial charge is 0.338 e.